The Labute approximate surface area is 233 Å². The van der Waals surface area contributed by atoms with Gasteiger partial charge in [0.25, 0.3) is 5.91 Å². The number of hydroxylamine groups is 1. The molecule has 0 spiro atoms. The Kier molecular flexibility index (Phi) is 9.52. The van der Waals surface area contributed by atoms with Crippen LogP contribution in [0.25, 0.3) is 17.0 Å². The molecule has 8 heteroatoms. The second-order valence-corrected chi connectivity index (χ2v) is 12.0. The lowest BCUT2D eigenvalue weighted by molar-refractivity contribution is -0.124. The van der Waals surface area contributed by atoms with Gasteiger partial charge in [0.2, 0.25) is 0 Å². The number of aromatic nitrogens is 1. The van der Waals surface area contributed by atoms with Gasteiger partial charge in [0, 0.05) is 41.5 Å². The molecule has 0 bridgehead atoms. The van der Waals surface area contributed by atoms with Crippen molar-refractivity contribution in [2.45, 2.75) is 44.4 Å². The van der Waals surface area contributed by atoms with Crippen molar-refractivity contribution in [3.63, 3.8) is 0 Å². The van der Waals surface area contributed by atoms with Gasteiger partial charge in [-0.15, -0.1) is 11.8 Å². The highest BCUT2D eigenvalue weighted by Crippen LogP contribution is 2.33. The van der Waals surface area contributed by atoms with Gasteiger partial charge in [0.1, 0.15) is 0 Å². The molecule has 0 saturated carbocycles. The van der Waals surface area contributed by atoms with E-state index >= 15 is 0 Å². The summed E-state index contributed by atoms with van der Waals surface area (Å²) in [5, 5.41) is 18.4. The summed E-state index contributed by atoms with van der Waals surface area (Å²) in [7, 11) is 0. The molecule has 3 aromatic rings. The highest BCUT2D eigenvalue weighted by Gasteiger charge is 2.18. The lowest BCUT2D eigenvalue weighted by Gasteiger charge is -2.12. The van der Waals surface area contributed by atoms with Crippen molar-refractivity contribution in [3.05, 3.63) is 87.1 Å². The fourth-order valence-corrected chi connectivity index (χ4v) is 7.28. The zero-order valence-corrected chi connectivity index (χ0v) is 23.3. The van der Waals surface area contributed by atoms with Crippen LogP contribution in [0.5, 0.6) is 0 Å². The first-order valence-corrected chi connectivity index (χ1v) is 15.5. The number of amides is 1. The van der Waals surface area contributed by atoms with Gasteiger partial charge in [-0.25, -0.2) is 5.48 Å². The van der Waals surface area contributed by atoms with Crippen molar-refractivity contribution in [1.82, 2.24) is 21.1 Å². The molecule has 4 heterocycles. The summed E-state index contributed by atoms with van der Waals surface area (Å²) >= 11 is 4.01. The van der Waals surface area contributed by atoms with Gasteiger partial charge in [-0.3, -0.25) is 10.0 Å². The molecule has 0 fully saturated rings. The Morgan fingerprint density at radius 1 is 1.08 bits per heavy atom. The standard InChI is InChI=1S/C23H25N3O2S.C7H11NS/c27-22(26-28)9-8-16-4-6-17(7-5-16)14-24-12-10-18-2-1-3-20-23(18)19-11-13-29-15-21(19)25-20;1-2-6-3-4-8-7(6)9-5-1/h1-9,24-25,28H,10-15H2,(H,26,27);8H,1-5H2/b9-8+;. The van der Waals surface area contributed by atoms with Gasteiger partial charge in [-0.1, -0.05) is 36.4 Å². The molecule has 0 atom stereocenters. The number of thioether (sulfide) groups is 2. The molecule has 0 unspecified atom stereocenters. The molecule has 5 N–H and O–H groups in total. The summed E-state index contributed by atoms with van der Waals surface area (Å²) in [4.78, 5) is 14.6. The third-order valence-corrected chi connectivity index (χ3v) is 9.37. The topological polar surface area (TPSA) is 89.2 Å². The fraction of sp³-hybridized carbons (Fsp3) is 0.367. The van der Waals surface area contributed by atoms with E-state index in [2.05, 4.69) is 33.8 Å². The number of hydrogen-bond donors (Lipinski definition) is 5. The van der Waals surface area contributed by atoms with Gasteiger partial charge in [-0.05, 0) is 90.1 Å². The van der Waals surface area contributed by atoms with Gasteiger partial charge in [0.05, 0.1) is 5.03 Å². The molecule has 6 rings (SSSR count). The Morgan fingerprint density at radius 3 is 2.82 bits per heavy atom. The smallest absolute Gasteiger partial charge is 0.267 e. The number of rotatable bonds is 7. The van der Waals surface area contributed by atoms with Crippen LogP contribution in [0.1, 0.15) is 47.2 Å². The Hall–Kier alpha value is -2.65. The first-order valence-electron chi connectivity index (χ1n) is 13.4. The molecular formula is C30H36N4O2S2. The van der Waals surface area contributed by atoms with E-state index in [1.165, 1.54) is 81.7 Å². The minimum atomic E-state index is -0.534. The van der Waals surface area contributed by atoms with E-state index in [0.717, 1.165) is 37.2 Å². The number of fused-ring (bicyclic) bond motifs is 3. The van der Waals surface area contributed by atoms with Crippen molar-refractivity contribution < 1.29 is 10.0 Å². The molecule has 6 nitrogen and oxygen atoms in total. The number of hydrogen-bond acceptors (Lipinski definition) is 6. The molecular weight excluding hydrogens is 512 g/mol. The summed E-state index contributed by atoms with van der Waals surface area (Å²) in [5.74, 6) is 3.10. The number of benzene rings is 2. The maximum atomic E-state index is 11.0. The van der Waals surface area contributed by atoms with Gasteiger partial charge < -0.3 is 15.6 Å². The number of H-pyrrole nitrogens is 1. The SMILES string of the molecule is C1CSC2=C(C1)CCN2.O=C(/C=C/c1ccc(CNCCc2cccc3[nH]c4c(c23)CCSC4)cc1)NO. The highest BCUT2D eigenvalue weighted by molar-refractivity contribution is 8.03. The molecule has 200 valence electrons. The maximum absolute atomic E-state index is 11.0. The first kappa shape index (κ1) is 26.9. The maximum Gasteiger partial charge on any atom is 0.267 e. The van der Waals surface area contributed by atoms with E-state index in [9.17, 15) is 4.79 Å². The lowest BCUT2D eigenvalue weighted by Crippen LogP contribution is -2.17. The van der Waals surface area contributed by atoms with E-state index in [0.29, 0.717) is 0 Å². The number of aryl methyl sites for hydroxylation is 1. The average Bonchev–Trinajstić information content (AvgIpc) is 3.60. The van der Waals surface area contributed by atoms with E-state index < -0.39 is 5.91 Å². The molecule has 2 aromatic carbocycles. The molecule has 0 radical (unpaired) electrons. The predicted octanol–water partition coefficient (Wildman–Crippen LogP) is 5.53. The summed E-state index contributed by atoms with van der Waals surface area (Å²) in [5.41, 5.74) is 11.0. The minimum absolute atomic E-state index is 0.534. The van der Waals surface area contributed by atoms with Crippen LogP contribution in [0.15, 0.2) is 59.1 Å². The van der Waals surface area contributed by atoms with Crippen LogP contribution in [0.3, 0.4) is 0 Å². The van der Waals surface area contributed by atoms with E-state index in [4.69, 9.17) is 5.21 Å². The summed E-state index contributed by atoms with van der Waals surface area (Å²) in [6, 6.07) is 14.6. The Balaban J connectivity index is 0.000000273. The third-order valence-electron chi connectivity index (χ3n) is 7.17. The zero-order chi connectivity index (χ0) is 26.2. The van der Waals surface area contributed by atoms with Crippen LogP contribution in [-0.2, 0) is 29.9 Å². The van der Waals surface area contributed by atoms with Gasteiger partial charge >= 0.3 is 0 Å². The van der Waals surface area contributed by atoms with Crippen LogP contribution in [0.2, 0.25) is 0 Å². The summed E-state index contributed by atoms with van der Waals surface area (Å²) in [6.07, 6.45) is 9.19. The summed E-state index contributed by atoms with van der Waals surface area (Å²) < 4.78 is 0. The van der Waals surface area contributed by atoms with E-state index in [1.54, 1.807) is 17.1 Å². The fourth-order valence-electron chi connectivity index (χ4n) is 5.23. The van der Waals surface area contributed by atoms with Crippen LogP contribution in [0.4, 0.5) is 0 Å². The van der Waals surface area contributed by atoms with Crippen LogP contribution < -0.4 is 16.1 Å². The van der Waals surface area contributed by atoms with Crippen LogP contribution in [0, 0.1) is 0 Å². The largest absolute Gasteiger partial charge is 0.380 e. The van der Waals surface area contributed by atoms with E-state index in [1.807, 2.05) is 47.8 Å². The molecule has 3 aliphatic heterocycles. The Bertz CT molecular complexity index is 1300. The zero-order valence-electron chi connectivity index (χ0n) is 21.6. The highest BCUT2D eigenvalue weighted by atomic mass is 32.2. The normalized spacial score (nSPS) is 16.6. The van der Waals surface area contributed by atoms with Crippen LogP contribution >= 0.6 is 23.5 Å². The lowest BCUT2D eigenvalue weighted by atomic mass is 10.0. The number of carbonyl (C=O) groups excluding carboxylic acids is 1. The minimum Gasteiger partial charge on any atom is -0.380 e. The van der Waals surface area contributed by atoms with Crippen molar-refractivity contribution >= 4 is 46.4 Å². The van der Waals surface area contributed by atoms with Crippen LogP contribution in [-0.4, -0.2) is 40.7 Å². The molecule has 3 aliphatic rings. The average molecular weight is 549 g/mol. The van der Waals surface area contributed by atoms with Crippen molar-refractivity contribution in [1.29, 1.82) is 0 Å². The quantitative estimate of drug-likeness (QED) is 0.116. The van der Waals surface area contributed by atoms with E-state index in [-0.39, 0.29) is 0 Å². The number of aromatic amines is 1. The van der Waals surface area contributed by atoms with Crippen molar-refractivity contribution in [3.8, 4) is 0 Å². The molecule has 38 heavy (non-hydrogen) atoms. The molecule has 1 amide bonds. The second kappa shape index (κ2) is 13.4. The van der Waals surface area contributed by atoms with Gasteiger partial charge in [-0.2, -0.15) is 11.8 Å². The third kappa shape index (κ3) is 6.86. The predicted molar refractivity (Wildman–Crippen MR) is 160 cm³/mol. The van der Waals surface area contributed by atoms with Crippen molar-refractivity contribution in [2.24, 2.45) is 0 Å². The first-order chi connectivity index (χ1) is 18.7. The monoisotopic (exact) mass is 548 g/mol. The number of nitrogens with one attached hydrogen (secondary N) is 4. The van der Waals surface area contributed by atoms with Crippen molar-refractivity contribution in [2.75, 3.05) is 24.6 Å². The molecule has 0 aliphatic carbocycles. The molecule has 1 aromatic heterocycles. The van der Waals surface area contributed by atoms with Gasteiger partial charge in [0.15, 0.2) is 0 Å². The second-order valence-electron chi connectivity index (χ2n) is 9.76. The summed E-state index contributed by atoms with van der Waals surface area (Å²) in [6.45, 7) is 2.92. The molecule has 0 saturated heterocycles. The number of carbonyl (C=O) groups is 1. The Morgan fingerprint density at radius 2 is 1.97 bits per heavy atom.